The maximum absolute atomic E-state index is 10.1. The predicted octanol–water partition coefficient (Wildman–Crippen LogP) is 2.83. The van der Waals surface area contributed by atoms with E-state index in [2.05, 4.69) is 4.98 Å². The Morgan fingerprint density at radius 1 is 1.24 bits per heavy atom. The van der Waals surface area contributed by atoms with Crippen molar-refractivity contribution < 1.29 is 5.11 Å². The third kappa shape index (κ3) is 1.97. The van der Waals surface area contributed by atoms with Crippen LogP contribution in [0.25, 0.3) is 11.0 Å². The quantitative estimate of drug-likeness (QED) is 0.769. The van der Waals surface area contributed by atoms with E-state index in [1.165, 1.54) is 0 Å². The summed E-state index contributed by atoms with van der Waals surface area (Å²) >= 11 is 1.57. The van der Waals surface area contributed by atoms with Crippen LogP contribution in [0.1, 0.15) is 11.0 Å². The van der Waals surface area contributed by atoms with Crippen LogP contribution in [0.5, 0.6) is 0 Å². The monoisotopic (exact) mass is 244 g/mol. The number of hydrogen-bond acceptors (Lipinski definition) is 3. The molecular weight excluding hydrogens is 232 g/mol. The van der Waals surface area contributed by atoms with Gasteiger partial charge in [0, 0.05) is 4.88 Å². The molecule has 0 aliphatic rings. The maximum atomic E-state index is 10.1. The Kier molecular flexibility index (Phi) is 2.66. The lowest BCUT2D eigenvalue weighted by Crippen LogP contribution is -2.06. The van der Waals surface area contributed by atoms with Gasteiger partial charge in [-0.15, -0.1) is 11.3 Å². The molecule has 0 aliphatic carbocycles. The minimum atomic E-state index is -0.465. The molecule has 4 heteroatoms. The fourth-order valence-corrected chi connectivity index (χ4v) is 2.62. The van der Waals surface area contributed by atoms with Crippen molar-refractivity contribution in [2.45, 2.75) is 12.6 Å². The van der Waals surface area contributed by atoms with E-state index in [0.717, 1.165) is 15.9 Å². The third-order valence-electron chi connectivity index (χ3n) is 2.77. The fourth-order valence-electron chi connectivity index (χ4n) is 1.91. The van der Waals surface area contributed by atoms with Crippen LogP contribution >= 0.6 is 11.3 Å². The van der Waals surface area contributed by atoms with E-state index in [1.807, 2.05) is 46.3 Å². The van der Waals surface area contributed by atoms with Crippen LogP contribution < -0.4 is 0 Å². The number of para-hydroxylation sites is 2. The van der Waals surface area contributed by atoms with Crippen LogP contribution in [0.2, 0.25) is 0 Å². The van der Waals surface area contributed by atoms with Gasteiger partial charge >= 0.3 is 0 Å². The molecule has 0 amide bonds. The molecule has 86 valence electrons. The second-order valence-electron chi connectivity index (χ2n) is 3.92. The molecule has 1 N–H and O–H groups in total. The summed E-state index contributed by atoms with van der Waals surface area (Å²) in [6.45, 7) is 0.543. The Labute approximate surface area is 103 Å². The molecule has 17 heavy (non-hydrogen) atoms. The first-order valence-corrected chi connectivity index (χ1v) is 6.34. The normalized spacial score (nSPS) is 13.0. The minimum absolute atomic E-state index is 0.465. The van der Waals surface area contributed by atoms with Gasteiger partial charge < -0.3 is 9.67 Å². The second-order valence-corrected chi connectivity index (χ2v) is 4.90. The van der Waals surface area contributed by atoms with E-state index in [1.54, 1.807) is 17.7 Å². The molecule has 0 radical (unpaired) electrons. The van der Waals surface area contributed by atoms with Crippen molar-refractivity contribution in [2.75, 3.05) is 0 Å². The van der Waals surface area contributed by atoms with Crippen LogP contribution in [-0.4, -0.2) is 14.7 Å². The lowest BCUT2D eigenvalue weighted by atomic mass is 10.2. The predicted molar refractivity (Wildman–Crippen MR) is 69.0 cm³/mol. The highest BCUT2D eigenvalue weighted by molar-refractivity contribution is 7.10. The first-order chi connectivity index (χ1) is 8.34. The fraction of sp³-hybridized carbons (Fsp3) is 0.154. The molecule has 0 bridgehead atoms. The van der Waals surface area contributed by atoms with Crippen molar-refractivity contribution in [3.05, 3.63) is 53.0 Å². The minimum Gasteiger partial charge on any atom is -0.386 e. The molecule has 1 aromatic carbocycles. The largest absolute Gasteiger partial charge is 0.386 e. The zero-order valence-corrected chi connectivity index (χ0v) is 9.97. The average Bonchev–Trinajstić information content (AvgIpc) is 2.98. The van der Waals surface area contributed by atoms with Crippen molar-refractivity contribution in [1.29, 1.82) is 0 Å². The highest BCUT2D eigenvalue weighted by Crippen LogP contribution is 2.22. The van der Waals surface area contributed by atoms with Gasteiger partial charge in [0.25, 0.3) is 0 Å². The number of rotatable bonds is 3. The number of nitrogens with zero attached hydrogens (tertiary/aromatic N) is 2. The molecule has 3 rings (SSSR count). The molecular formula is C13H12N2OS. The summed E-state index contributed by atoms with van der Waals surface area (Å²) in [6, 6.07) is 11.9. The van der Waals surface area contributed by atoms with Gasteiger partial charge in [-0.3, -0.25) is 0 Å². The molecule has 0 saturated heterocycles. The molecule has 0 fully saturated rings. The van der Waals surface area contributed by atoms with Crippen molar-refractivity contribution in [2.24, 2.45) is 0 Å². The van der Waals surface area contributed by atoms with Gasteiger partial charge in [0.2, 0.25) is 0 Å². The van der Waals surface area contributed by atoms with Crippen LogP contribution in [0.3, 0.4) is 0 Å². The number of fused-ring (bicyclic) bond motifs is 1. The van der Waals surface area contributed by atoms with Crippen LogP contribution in [0.15, 0.2) is 48.1 Å². The van der Waals surface area contributed by atoms with Gasteiger partial charge in [-0.05, 0) is 23.6 Å². The first-order valence-electron chi connectivity index (χ1n) is 5.46. The van der Waals surface area contributed by atoms with Gasteiger partial charge in [-0.1, -0.05) is 18.2 Å². The van der Waals surface area contributed by atoms with E-state index < -0.39 is 6.10 Å². The van der Waals surface area contributed by atoms with E-state index in [0.29, 0.717) is 6.54 Å². The molecule has 0 saturated carbocycles. The summed E-state index contributed by atoms with van der Waals surface area (Å²) in [6.07, 6.45) is 1.31. The number of aliphatic hydroxyl groups is 1. The van der Waals surface area contributed by atoms with Crippen LogP contribution in [-0.2, 0) is 6.54 Å². The summed E-state index contributed by atoms with van der Waals surface area (Å²) in [7, 11) is 0. The summed E-state index contributed by atoms with van der Waals surface area (Å²) in [5, 5.41) is 12.1. The molecule has 1 unspecified atom stereocenters. The zero-order chi connectivity index (χ0) is 11.7. The van der Waals surface area contributed by atoms with Crippen molar-refractivity contribution in [1.82, 2.24) is 9.55 Å². The Bertz CT molecular complexity index is 615. The average molecular weight is 244 g/mol. The molecule has 2 aromatic heterocycles. The lowest BCUT2D eigenvalue weighted by molar-refractivity contribution is 0.161. The van der Waals surface area contributed by atoms with Gasteiger partial charge in [0.05, 0.1) is 23.9 Å². The van der Waals surface area contributed by atoms with E-state index in [4.69, 9.17) is 0 Å². The van der Waals surface area contributed by atoms with Gasteiger partial charge in [-0.2, -0.15) is 0 Å². The molecule has 2 heterocycles. The number of thiophene rings is 1. The Balaban J connectivity index is 1.90. The van der Waals surface area contributed by atoms with E-state index in [9.17, 15) is 5.11 Å². The highest BCUT2D eigenvalue weighted by Gasteiger charge is 2.11. The Hall–Kier alpha value is -1.65. The topological polar surface area (TPSA) is 38.0 Å². The number of aliphatic hydroxyl groups excluding tert-OH is 1. The maximum Gasteiger partial charge on any atom is 0.106 e. The molecule has 3 aromatic rings. The number of hydrogen-bond donors (Lipinski definition) is 1. The molecule has 1 atom stereocenters. The number of aromatic nitrogens is 2. The highest BCUT2D eigenvalue weighted by atomic mass is 32.1. The smallest absolute Gasteiger partial charge is 0.106 e. The molecule has 0 spiro atoms. The molecule has 0 aliphatic heterocycles. The zero-order valence-electron chi connectivity index (χ0n) is 9.15. The number of imidazole rings is 1. The SMILES string of the molecule is OC(Cn1cnc2ccccc21)c1cccs1. The van der Waals surface area contributed by atoms with Crippen molar-refractivity contribution in [3.8, 4) is 0 Å². The van der Waals surface area contributed by atoms with Gasteiger partial charge in [0.1, 0.15) is 6.10 Å². The van der Waals surface area contributed by atoms with Crippen molar-refractivity contribution >= 4 is 22.4 Å². The summed E-state index contributed by atoms with van der Waals surface area (Å²) in [5.41, 5.74) is 2.02. The third-order valence-corrected chi connectivity index (χ3v) is 3.74. The first kappa shape index (κ1) is 10.5. The second kappa shape index (κ2) is 4.31. The Morgan fingerprint density at radius 3 is 2.94 bits per heavy atom. The number of benzene rings is 1. The van der Waals surface area contributed by atoms with Gasteiger partial charge in [0.15, 0.2) is 0 Å². The van der Waals surface area contributed by atoms with Crippen molar-refractivity contribution in [3.63, 3.8) is 0 Å². The summed E-state index contributed by atoms with van der Waals surface area (Å²) in [4.78, 5) is 5.30. The van der Waals surface area contributed by atoms with Gasteiger partial charge in [-0.25, -0.2) is 4.98 Å². The van der Waals surface area contributed by atoms with Crippen LogP contribution in [0.4, 0.5) is 0 Å². The lowest BCUT2D eigenvalue weighted by Gasteiger charge is -2.10. The van der Waals surface area contributed by atoms with E-state index >= 15 is 0 Å². The molecule has 3 nitrogen and oxygen atoms in total. The summed E-state index contributed by atoms with van der Waals surface area (Å²) in [5.74, 6) is 0. The Morgan fingerprint density at radius 2 is 2.12 bits per heavy atom. The summed E-state index contributed by atoms with van der Waals surface area (Å²) < 4.78 is 1.99. The van der Waals surface area contributed by atoms with E-state index in [-0.39, 0.29) is 0 Å². The van der Waals surface area contributed by atoms with Crippen LogP contribution in [0, 0.1) is 0 Å². The standard InChI is InChI=1S/C13H12N2OS/c16-12(13-6-3-7-17-13)8-15-9-14-10-4-1-2-5-11(10)15/h1-7,9,12,16H,8H2.